The average molecular weight is 304 g/mol. The predicted octanol–water partition coefficient (Wildman–Crippen LogP) is 0.926. The predicted molar refractivity (Wildman–Crippen MR) is 63.5 cm³/mol. The van der Waals surface area contributed by atoms with Crippen LogP contribution in [0.4, 0.5) is 0 Å². The maximum atomic E-state index is 5.72. The summed E-state index contributed by atoms with van der Waals surface area (Å²) >= 11 is 17.1. The molecule has 0 fully saturated rings. The first-order chi connectivity index (χ1) is 8.63. The van der Waals surface area contributed by atoms with Crippen LogP contribution in [0.1, 0.15) is 0 Å². The number of nitrogens with zero attached hydrogens (tertiary/aromatic N) is 9. The Morgan fingerprint density at radius 1 is 0.444 bits per heavy atom. The highest BCUT2D eigenvalue weighted by Crippen LogP contribution is 2.29. The lowest BCUT2D eigenvalue weighted by molar-refractivity contribution is 0.858. The molecule has 0 saturated carbocycles. The number of hydrogen-bond donors (Lipinski definition) is 0. The molecule has 0 N–H and O–H groups in total. The van der Waals surface area contributed by atoms with E-state index in [-0.39, 0.29) is 0 Å². The molecule has 0 aliphatic heterocycles. The van der Waals surface area contributed by atoms with E-state index in [9.17, 15) is 0 Å². The molecular weight excluding hydrogens is 304 g/mol. The number of hydrogen-bond acceptors (Lipinski definition) is 6. The molecule has 0 radical (unpaired) electrons. The third kappa shape index (κ3) is 1.18. The van der Waals surface area contributed by atoms with Gasteiger partial charge in [-0.3, -0.25) is 0 Å². The number of fused-ring (bicyclic) bond motifs is 6. The van der Waals surface area contributed by atoms with E-state index in [0.717, 1.165) is 12.9 Å². The van der Waals surface area contributed by atoms with Gasteiger partial charge in [0, 0.05) is 0 Å². The highest BCUT2D eigenvalue weighted by molar-refractivity contribution is 6.22. The molecule has 0 saturated heterocycles. The molecule has 0 amide bonds. The molecule has 0 aliphatic rings. The summed E-state index contributed by atoms with van der Waals surface area (Å²) in [6, 6.07) is 0. The van der Waals surface area contributed by atoms with Gasteiger partial charge in [0.05, 0.1) is 35.3 Å². The molecule has 9 nitrogen and oxygen atoms in total. The van der Waals surface area contributed by atoms with Gasteiger partial charge in [0.1, 0.15) is 33.1 Å². The van der Waals surface area contributed by atoms with Gasteiger partial charge in [-0.1, -0.05) is 12.9 Å². The van der Waals surface area contributed by atoms with Crippen LogP contribution in [0.5, 0.6) is 0 Å². The second-order valence-electron chi connectivity index (χ2n) is 3.41. The number of benzene rings is 1. The largest absolute Gasteiger partial charge is 0.147 e. The highest BCUT2D eigenvalue weighted by Gasteiger charge is 2.21. The maximum Gasteiger partial charge on any atom is 0.147 e. The molecule has 3 heterocycles. The summed E-state index contributed by atoms with van der Waals surface area (Å²) in [7, 11) is 0. The van der Waals surface area contributed by atoms with Crippen molar-refractivity contribution in [3.63, 3.8) is 0 Å². The Bertz CT molecular complexity index is 699. The molecule has 4 rings (SSSR count). The molecule has 12 heteroatoms. The lowest BCUT2D eigenvalue weighted by Gasteiger charge is -1.87. The second kappa shape index (κ2) is 3.19. The van der Waals surface area contributed by atoms with E-state index in [1.165, 1.54) is 0 Å². The van der Waals surface area contributed by atoms with Crippen LogP contribution in [-0.4, -0.2) is 43.5 Å². The minimum absolute atomic E-state index is 0.427. The summed E-state index contributed by atoms with van der Waals surface area (Å²) < 4.78 is 2.68. The van der Waals surface area contributed by atoms with Crippen LogP contribution in [0.15, 0.2) is 0 Å². The molecular formula is C6Cl3N9. The van der Waals surface area contributed by atoms with Crippen molar-refractivity contribution in [2.75, 3.05) is 0 Å². The second-order valence-corrected chi connectivity index (χ2v) is 4.32. The Morgan fingerprint density at radius 2 is 0.611 bits per heavy atom. The summed E-state index contributed by atoms with van der Waals surface area (Å²) in [6.07, 6.45) is 0. The summed E-state index contributed by atoms with van der Waals surface area (Å²) in [4.78, 5) is 0. The number of rotatable bonds is 0. The van der Waals surface area contributed by atoms with Crippen molar-refractivity contribution in [1.82, 2.24) is 43.5 Å². The average Bonchev–Trinajstić information content (AvgIpc) is 2.93. The molecule has 4 aromatic rings. The summed E-state index contributed by atoms with van der Waals surface area (Å²) in [6.45, 7) is 0. The van der Waals surface area contributed by atoms with Crippen LogP contribution < -0.4 is 0 Å². The Kier molecular flexibility index (Phi) is 1.81. The van der Waals surface area contributed by atoms with Crippen molar-refractivity contribution in [2.45, 2.75) is 0 Å². The molecule has 0 bridgehead atoms. The zero-order valence-corrected chi connectivity index (χ0v) is 10.4. The van der Waals surface area contributed by atoms with Crippen molar-refractivity contribution in [1.29, 1.82) is 0 Å². The van der Waals surface area contributed by atoms with Gasteiger partial charge in [-0.05, 0) is 0 Å². The van der Waals surface area contributed by atoms with Crippen LogP contribution in [-0.2, 0) is 0 Å². The molecule has 3 aromatic heterocycles. The monoisotopic (exact) mass is 303 g/mol. The van der Waals surface area contributed by atoms with Crippen molar-refractivity contribution in [2.24, 2.45) is 0 Å². The van der Waals surface area contributed by atoms with Gasteiger partial charge in [-0.15, -0.1) is 30.6 Å². The van der Waals surface area contributed by atoms with Crippen LogP contribution in [0, 0.1) is 0 Å². The van der Waals surface area contributed by atoms with Crippen LogP contribution >= 0.6 is 35.3 Å². The quantitative estimate of drug-likeness (QED) is 0.480. The van der Waals surface area contributed by atoms with E-state index in [1.807, 2.05) is 0 Å². The highest BCUT2D eigenvalue weighted by atomic mass is 35.5. The van der Waals surface area contributed by atoms with Gasteiger partial charge < -0.3 is 0 Å². The molecule has 0 atom stereocenters. The normalized spacial score (nSPS) is 12.2. The first kappa shape index (κ1) is 10.2. The summed E-state index contributed by atoms with van der Waals surface area (Å²) in [5.74, 6) is 0. The maximum absolute atomic E-state index is 5.72. The fourth-order valence-corrected chi connectivity index (χ4v) is 2.26. The zero-order chi connectivity index (χ0) is 12.4. The van der Waals surface area contributed by atoms with Gasteiger partial charge in [-0.25, -0.2) is 0 Å². The van der Waals surface area contributed by atoms with Gasteiger partial charge >= 0.3 is 0 Å². The smallest absolute Gasteiger partial charge is 0.134 e. The standard InChI is InChI=1S/C6Cl3N9/c7-16-10-1-2(11-16)4-6(15-18(9)14-4)5-3(1)12-17(8)13-5. The third-order valence-corrected chi connectivity index (χ3v) is 2.89. The minimum atomic E-state index is 0.427. The fourth-order valence-electron chi connectivity index (χ4n) is 1.80. The van der Waals surface area contributed by atoms with Crippen LogP contribution in [0.25, 0.3) is 33.1 Å². The number of aromatic nitrogens is 9. The van der Waals surface area contributed by atoms with E-state index in [0.29, 0.717) is 33.1 Å². The van der Waals surface area contributed by atoms with E-state index >= 15 is 0 Å². The van der Waals surface area contributed by atoms with Crippen molar-refractivity contribution in [3.8, 4) is 0 Å². The summed E-state index contributed by atoms with van der Waals surface area (Å²) in [5, 5.41) is 23.9. The molecule has 1 aromatic carbocycles. The number of halogens is 3. The van der Waals surface area contributed by atoms with E-state index < -0.39 is 0 Å². The van der Waals surface area contributed by atoms with E-state index in [2.05, 4.69) is 30.6 Å². The topological polar surface area (TPSA) is 92.1 Å². The van der Waals surface area contributed by atoms with Gasteiger partial charge in [-0.2, -0.15) is 0 Å². The first-order valence-electron chi connectivity index (χ1n) is 4.55. The Balaban J connectivity index is 2.43. The SMILES string of the molecule is Cln1nc2c3nn(Cl)nc3c3nn(Cl)nc3c2n1. The third-order valence-electron chi connectivity index (χ3n) is 2.44. The Hall–Kier alpha value is -1.71. The molecule has 0 aliphatic carbocycles. The van der Waals surface area contributed by atoms with Crippen molar-refractivity contribution >= 4 is 68.4 Å². The zero-order valence-electron chi connectivity index (χ0n) is 8.16. The first-order valence-corrected chi connectivity index (χ1v) is 5.56. The lowest BCUT2D eigenvalue weighted by Crippen LogP contribution is -1.83. The minimum Gasteiger partial charge on any atom is -0.134 e. The van der Waals surface area contributed by atoms with E-state index in [4.69, 9.17) is 35.3 Å². The van der Waals surface area contributed by atoms with E-state index in [1.54, 1.807) is 0 Å². The van der Waals surface area contributed by atoms with Crippen molar-refractivity contribution in [3.05, 3.63) is 0 Å². The Morgan fingerprint density at radius 3 is 0.778 bits per heavy atom. The van der Waals surface area contributed by atoms with Crippen LogP contribution in [0.2, 0.25) is 0 Å². The van der Waals surface area contributed by atoms with Gasteiger partial charge in [0.25, 0.3) is 0 Å². The summed E-state index contributed by atoms with van der Waals surface area (Å²) in [5.41, 5.74) is 2.56. The lowest BCUT2D eigenvalue weighted by atomic mass is 10.2. The Labute approximate surface area is 112 Å². The fraction of sp³-hybridized carbons (Fsp3) is 0. The van der Waals surface area contributed by atoms with Gasteiger partial charge in [0.15, 0.2) is 0 Å². The van der Waals surface area contributed by atoms with Crippen molar-refractivity contribution < 1.29 is 0 Å². The molecule has 0 spiro atoms. The van der Waals surface area contributed by atoms with Gasteiger partial charge in [0.2, 0.25) is 0 Å². The van der Waals surface area contributed by atoms with Crippen LogP contribution in [0.3, 0.4) is 0 Å². The molecule has 90 valence electrons. The molecule has 18 heavy (non-hydrogen) atoms. The molecule has 0 unspecified atom stereocenters.